The largest absolute Gasteiger partial charge is 0.295 e. The van der Waals surface area contributed by atoms with Gasteiger partial charge in [-0.05, 0) is 0 Å². The molecule has 0 radical (unpaired) electrons. The van der Waals surface area contributed by atoms with Crippen molar-refractivity contribution in [3.8, 4) is 0 Å². The van der Waals surface area contributed by atoms with E-state index in [1.807, 2.05) is 0 Å². The van der Waals surface area contributed by atoms with E-state index >= 15 is 0 Å². The molecule has 0 aromatic heterocycles. The van der Waals surface area contributed by atoms with E-state index in [2.05, 4.69) is 0 Å². The molecule has 0 aliphatic carbocycles. The zero-order valence-corrected chi connectivity index (χ0v) is 4.12. The normalized spacial score (nSPS) is 12.3. The van der Waals surface area contributed by atoms with Gasteiger partial charge in [-0.2, -0.15) is 13.2 Å². The predicted molar refractivity (Wildman–Crippen MR) is 24.1 cm³/mol. The van der Waals surface area contributed by atoms with Crippen molar-refractivity contribution < 1.29 is 18.0 Å². The fourth-order valence-corrected chi connectivity index (χ4v) is 0.157. The number of nitrogens with one attached hydrogen (secondary N) is 1. The van der Waals surface area contributed by atoms with E-state index in [1.165, 1.54) is 0 Å². The minimum Gasteiger partial charge on any atom is -0.295 e. The molecule has 0 fully saturated rings. The monoisotopic (exact) mass is 137 g/mol. The highest BCUT2D eigenvalue weighted by atomic mass is 19.2. The van der Waals surface area contributed by atoms with Crippen molar-refractivity contribution >= 4 is 12.3 Å². The molecule has 2 nitrogen and oxygen atoms in total. The number of hydrogen-bond acceptors (Lipinski definition) is 2. The summed E-state index contributed by atoms with van der Waals surface area (Å²) in [7, 11) is 0. The third kappa shape index (κ3) is 2.07. The van der Waals surface area contributed by atoms with E-state index in [1.54, 1.807) is 0 Å². The van der Waals surface area contributed by atoms with Gasteiger partial charge in [0.2, 0.25) is 17.6 Å². The lowest BCUT2D eigenvalue weighted by atomic mass is 10.5. The minimum atomic E-state index is -2.08. The summed E-state index contributed by atoms with van der Waals surface area (Å²) in [5, 5.41) is 5.84. The quantitative estimate of drug-likeness (QED) is 0.347. The smallest absolute Gasteiger partial charge is 0.244 e. The number of hydrogen-bond donors (Lipinski definition) is 1. The number of carbonyl (C=O) groups excluding carboxylic acids is 1. The fraction of sp³-hybridized carbons (Fsp3) is 0. The molecule has 0 rings (SSSR count). The third-order valence-corrected chi connectivity index (χ3v) is 0.506. The molecule has 5 heteroatoms. The van der Waals surface area contributed by atoms with Gasteiger partial charge < -0.3 is 0 Å². The van der Waals surface area contributed by atoms with Crippen molar-refractivity contribution in [3.63, 3.8) is 0 Å². The number of aldehydes is 1. The predicted octanol–water partition coefficient (Wildman–Crippen LogP) is 1.28. The van der Waals surface area contributed by atoms with Gasteiger partial charge in [0, 0.05) is 0 Å². The van der Waals surface area contributed by atoms with E-state index in [-0.39, 0.29) is 0 Å². The second-order valence-corrected chi connectivity index (χ2v) is 1.09. The van der Waals surface area contributed by atoms with Gasteiger partial charge in [-0.25, -0.2) is 0 Å². The van der Waals surface area contributed by atoms with Crippen molar-refractivity contribution in [2.45, 2.75) is 0 Å². The average molecular weight is 137 g/mol. The summed E-state index contributed by atoms with van der Waals surface area (Å²) in [6.07, 6.45) is -0.510. The van der Waals surface area contributed by atoms with Crippen LogP contribution in [-0.4, -0.2) is 12.3 Å². The van der Waals surface area contributed by atoms with Crippen molar-refractivity contribution in [1.82, 2.24) is 0 Å². The van der Waals surface area contributed by atoms with Crippen LogP contribution in [0.2, 0.25) is 0 Å². The first-order valence-electron chi connectivity index (χ1n) is 1.84. The highest BCUT2D eigenvalue weighted by Gasteiger charge is 2.09. The first-order valence-corrected chi connectivity index (χ1v) is 1.84. The molecule has 0 aromatic rings. The van der Waals surface area contributed by atoms with Gasteiger partial charge in [-0.3, -0.25) is 10.2 Å². The minimum absolute atomic E-state index is 0.510. The summed E-state index contributed by atoms with van der Waals surface area (Å²) in [4.78, 5) is 9.31. The average Bonchev–Trinajstić information content (AvgIpc) is 1.84. The van der Waals surface area contributed by atoms with Crippen LogP contribution >= 0.6 is 0 Å². The molecule has 0 aliphatic rings. The number of halogens is 3. The zero-order chi connectivity index (χ0) is 7.44. The fourth-order valence-electron chi connectivity index (χ4n) is 0.157. The maximum Gasteiger partial charge on any atom is 0.244 e. The van der Waals surface area contributed by atoms with Crippen molar-refractivity contribution in [2.75, 3.05) is 0 Å². The molecule has 0 amide bonds. The van der Waals surface area contributed by atoms with Gasteiger partial charge in [0.05, 0.1) is 0 Å². The first kappa shape index (κ1) is 7.87. The van der Waals surface area contributed by atoms with Crippen LogP contribution in [0, 0.1) is 5.41 Å². The highest BCUT2D eigenvalue weighted by molar-refractivity contribution is 5.93. The van der Waals surface area contributed by atoms with Crippen molar-refractivity contribution in [1.29, 1.82) is 5.41 Å². The molecule has 9 heavy (non-hydrogen) atoms. The summed E-state index contributed by atoms with van der Waals surface area (Å²) < 4.78 is 34.4. The van der Waals surface area contributed by atoms with E-state index in [4.69, 9.17) is 5.41 Å². The Labute approximate surface area is 48.5 Å². The molecule has 0 aromatic carbocycles. The Morgan fingerprint density at radius 2 is 1.78 bits per heavy atom. The third-order valence-electron chi connectivity index (χ3n) is 0.506. The van der Waals surface area contributed by atoms with Crippen LogP contribution in [0.25, 0.3) is 0 Å². The number of rotatable bonds is 2. The molecule has 0 heterocycles. The molecular formula is C4H2F3NO. The Balaban J connectivity index is 4.47. The highest BCUT2D eigenvalue weighted by Crippen LogP contribution is 2.06. The van der Waals surface area contributed by atoms with Gasteiger partial charge in [0.1, 0.15) is 0 Å². The second kappa shape index (κ2) is 3.01. The summed E-state index contributed by atoms with van der Waals surface area (Å²) in [5.41, 5.74) is 0. The Morgan fingerprint density at radius 3 is 1.89 bits per heavy atom. The molecule has 0 aliphatic heterocycles. The summed E-state index contributed by atoms with van der Waals surface area (Å²) in [6, 6.07) is 0. The second-order valence-electron chi connectivity index (χ2n) is 1.09. The summed E-state index contributed by atoms with van der Waals surface area (Å²) in [5.74, 6) is -6.05. The Kier molecular flexibility index (Phi) is 2.63. The Bertz CT molecular complexity index is 175. The molecule has 0 saturated carbocycles. The zero-order valence-electron chi connectivity index (χ0n) is 4.12. The van der Waals surface area contributed by atoms with Crippen LogP contribution in [0.5, 0.6) is 0 Å². The molecule has 50 valence electrons. The van der Waals surface area contributed by atoms with Gasteiger partial charge >= 0.3 is 0 Å². The summed E-state index contributed by atoms with van der Waals surface area (Å²) >= 11 is 0. The van der Waals surface area contributed by atoms with Crippen molar-refractivity contribution in [3.05, 3.63) is 11.7 Å². The van der Waals surface area contributed by atoms with Gasteiger partial charge in [-0.15, -0.1) is 0 Å². The SMILES string of the molecule is N=C(F)/C(F)=C(/F)C=O. The molecule has 0 spiro atoms. The van der Waals surface area contributed by atoms with Gasteiger partial charge in [0.25, 0.3) is 0 Å². The maximum absolute atomic E-state index is 11.6. The van der Waals surface area contributed by atoms with Crippen LogP contribution < -0.4 is 0 Å². The van der Waals surface area contributed by atoms with E-state index in [0.717, 1.165) is 0 Å². The summed E-state index contributed by atoms with van der Waals surface area (Å²) in [6.45, 7) is 0. The van der Waals surface area contributed by atoms with E-state index < -0.39 is 23.9 Å². The lowest BCUT2D eigenvalue weighted by molar-refractivity contribution is -0.106. The maximum atomic E-state index is 11.6. The van der Waals surface area contributed by atoms with Gasteiger partial charge in [-0.1, -0.05) is 0 Å². The van der Waals surface area contributed by atoms with E-state index in [0.29, 0.717) is 0 Å². The molecule has 0 saturated heterocycles. The van der Waals surface area contributed by atoms with Crippen LogP contribution in [-0.2, 0) is 4.79 Å². The van der Waals surface area contributed by atoms with Gasteiger partial charge in [0.15, 0.2) is 6.29 Å². The molecule has 1 N–H and O–H groups in total. The van der Waals surface area contributed by atoms with Crippen LogP contribution in [0.4, 0.5) is 13.2 Å². The molecule has 0 bridgehead atoms. The lowest BCUT2D eigenvalue weighted by Gasteiger charge is -1.84. The Hall–Kier alpha value is -1.13. The number of carbonyl (C=O) groups is 1. The van der Waals surface area contributed by atoms with Crippen LogP contribution in [0.15, 0.2) is 11.7 Å². The lowest BCUT2D eigenvalue weighted by Crippen LogP contribution is -1.90. The number of allylic oxidation sites excluding steroid dienone is 2. The van der Waals surface area contributed by atoms with E-state index in [9.17, 15) is 18.0 Å². The topological polar surface area (TPSA) is 40.9 Å². The first-order chi connectivity index (χ1) is 4.09. The Morgan fingerprint density at radius 1 is 1.33 bits per heavy atom. The molecule has 0 unspecified atom stereocenters. The molecular weight excluding hydrogens is 135 g/mol. The van der Waals surface area contributed by atoms with Crippen LogP contribution in [0.1, 0.15) is 0 Å². The van der Waals surface area contributed by atoms with Crippen LogP contribution in [0.3, 0.4) is 0 Å². The van der Waals surface area contributed by atoms with Crippen molar-refractivity contribution in [2.24, 2.45) is 0 Å². The molecule has 0 atom stereocenters. The standard InChI is InChI=1S/C4H2F3NO/c5-2(1-9)3(6)4(7)8/h1,8H/b3-2-,8-4?.